The smallest absolute Gasteiger partial charge is 0.323 e. The van der Waals surface area contributed by atoms with Crippen LogP contribution in [-0.4, -0.2) is 42.1 Å². The van der Waals surface area contributed by atoms with Crippen molar-refractivity contribution in [3.8, 4) is 0 Å². The lowest BCUT2D eigenvalue weighted by Crippen LogP contribution is -2.40. The van der Waals surface area contributed by atoms with Crippen LogP contribution in [0, 0.1) is 5.41 Å². The Morgan fingerprint density at radius 1 is 1.47 bits per heavy atom. The molecule has 1 unspecified atom stereocenters. The van der Waals surface area contributed by atoms with E-state index in [0.717, 1.165) is 6.42 Å². The first-order valence-electron chi connectivity index (χ1n) is 4.88. The van der Waals surface area contributed by atoms with Gasteiger partial charge in [0.05, 0.1) is 0 Å². The summed E-state index contributed by atoms with van der Waals surface area (Å²) in [4.78, 5) is 10.7. The van der Waals surface area contributed by atoms with E-state index in [1.807, 2.05) is 13.8 Å². The normalized spacial score (nSPS) is 23.9. The Morgan fingerprint density at radius 2 is 2.00 bits per heavy atom. The van der Waals surface area contributed by atoms with Crippen molar-refractivity contribution >= 4 is 16.0 Å². The molecule has 0 radical (unpaired) electrons. The summed E-state index contributed by atoms with van der Waals surface area (Å²) in [6.07, 6.45) is 0.776. The number of carboxylic acid groups (broad SMARTS) is 1. The van der Waals surface area contributed by atoms with Crippen LogP contribution in [0.3, 0.4) is 0 Å². The molecule has 0 saturated carbocycles. The van der Waals surface area contributed by atoms with Gasteiger partial charge in [0.25, 0.3) is 0 Å². The first-order valence-corrected chi connectivity index (χ1v) is 6.39. The lowest BCUT2D eigenvalue weighted by atomic mass is 9.93. The minimum absolute atomic E-state index is 0.0503. The highest BCUT2D eigenvalue weighted by Gasteiger charge is 2.40. The Balaban J connectivity index is 2.86. The van der Waals surface area contributed by atoms with Crippen LogP contribution in [0.2, 0.25) is 0 Å². The van der Waals surface area contributed by atoms with Gasteiger partial charge >= 0.3 is 5.97 Å². The fourth-order valence-corrected chi connectivity index (χ4v) is 3.21. The molecular formula is C9H17NO4S. The zero-order valence-electron chi connectivity index (χ0n) is 9.23. The highest BCUT2D eigenvalue weighted by atomic mass is 32.2. The molecule has 0 bridgehead atoms. The number of hydrogen-bond acceptors (Lipinski definition) is 3. The van der Waals surface area contributed by atoms with Gasteiger partial charge in [-0.05, 0) is 18.8 Å². The maximum Gasteiger partial charge on any atom is 0.323 e. The molecule has 0 aromatic carbocycles. The van der Waals surface area contributed by atoms with Crippen molar-refractivity contribution in [2.75, 3.05) is 13.1 Å². The van der Waals surface area contributed by atoms with Crippen LogP contribution in [-0.2, 0) is 14.8 Å². The predicted molar refractivity (Wildman–Crippen MR) is 56.0 cm³/mol. The second-order valence-corrected chi connectivity index (χ2v) is 7.03. The number of carbonyl (C=O) groups is 1. The third-order valence-electron chi connectivity index (χ3n) is 2.80. The van der Waals surface area contributed by atoms with E-state index in [9.17, 15) is 13.2 Å². The van der Waals surface area contributed by atoms with Crippen LogP contribution in [0.1, 0.15) is 27.2 Å². The van der Waals surface area contributed by atoms with E-state index >= 15 is 0 Å². The van der Waals surface area contributed by atoms with E-state index in [0.29, 0.717) is 13.1 Å². The average molecular weight is 235 g/mol. The van der Waals surface area contributed by atoms with Gasteiger partial charge in [0.2, 0.25) is 10.0 Å². The highest BCUT2D eigenvalue weighted by Crippen LogP contribution is 2.31. The SMILES string of the molecule is CC(C(=O)O)S(=O)(=O)N1CCC(C)(C)C1. The molecular weight excluding hydrogens is 218 g/mol. The third-order valence-corrected chi connectivity index (χ3v) is 4.92. The summed E-state index contributed by atoms with van der Waals surface area (Å²) in [6.45, 7) is 6.00. The van der Waals surface area contributed by atoms with Crippen LogP contribution >= 0.6 is 0 Å². The Labute approximate surface area is 90.1 Å². The minimum atomic E-state index is -3.68. The van der Waals surface area contributed by atoms with Crippen molar-refractivity contribution < 1.29 is 18.3 Å². The van der Waals surface area contributed by atoms with Crippen molar-refractivity contribution in [3.63, 3.8) is 0 Å². The van der Waals surface area contributed by atoms with Crippen molar-refractivity contribution in [2.45, 2.75) is 32.4 Å². The number of nitrogens with zero attached hydrogens (tertiary/aromatic N) is 1. The number of rotatable bonds is 3. The molecule has 1 atom stereocenters. The van der Waals surface area contributed by atoms with Gasteiger partial charge in [-0.3, -0.25) is 4.79 Å². The summed E-state index contributed by atoms with van der Waals surface area (Å²) in [7, 11) is -3.68. The van der Waals surface area contributed by atoms with E-state index in [4.69, 9.17) is 5.11 Å². The third kappa shape index (κ3) is 2.49. The van der Waals surface area contributed by atoms with Crippen molar-refractivity contribution in [1.82, 2.24) is 4.31 Å². The molecule has 1 aliphatic rings. The lowest BCUT2D eigenvalue weighted by Gasteiger charge is -2.21. The van der Waals surface area contributed by atoms with E-state index in [2.05, 4.69) is 0 Å². The number of hydrogen-bond donors (Lipinski definition) is 1. The molecule has 1 rings (SSSR count). The van der Waals surface area contributed by atoms with Crippen molar-refractivity contribution in [3.05, 3.63) is 0 Å². The van der Waals surface area contributed by atoms with Gasteiger partial charge in [0.1, 0.15) is 0 Å². The first kappa shape index (κ1) is 12.4. The zero-order valence-corrected chi connectivity index (χ0v) is 10.0. The van der Waals surface area contributed by atoms with Gasteiger partial charge in [-0.25, -0.2) is 12.7 Å². The fourth-order valence-electron chi connectivity index (χ4n) is 1.63. The van der Waals surface area contributed by atoms with Crippen molar-refractivity contribution in [2.24, 2.45) is 5.41 Å². The van der Waals surface area contributed by atoms with Gasteiger partial charge in [0.15, 0.2) is 5.25 Å². The van der Waals surface area contributed by atoms with E-state index in [1.165, 1.54) is 11.2 Å². The Bertz CT molecular complexity index is 360. The van der Waals surface area contributed by atoms with Crippen LogP contribution in [0.5, 0.6) is 0 Å². The van der Waals surface area contributed by atoms with Crippen molar-refractivity contribution in [1.29, 1.82) is 0 Å². The molecule has 6 heteroatoms. The molecule has 88 valence electrons. The standard InChI is InChI=1S/C9H17NO4S/c1-7(8(11)12)15(13,14)10-5-4-9(2,3)6-10/h7H,4-6H2,1-3H3,(H,11,12). The lowest BCUT2D eigenvalue weighted by molar-refractivity contribution is -0.136. The Kier molecular flexibility index (Phi) is 3.11. The first-order chi connectivity index (χ1) is 6.67. The molecule has 1 aliphatic heterocycles. The van der Waals surface area contributed by atoms with Crippen LogP contribution in [0.15, 0.2) is 0 Å². The number of sulfonamides is 1. The summed E-state index contributed by atoms with van der Waals surface area (Å²) in [5.41, 5.74) is -0.0503. The average Bonchev–Trinajstić information content (AvgIpc) is 2.45. The van der Waals surface area contributed by atoms with Crippen LogP contribution in [0.25, 0.3) is 0 Å². The van der Waals surface area contributed by atoms with Gasteiger partial charge in [-0.15, -0.1) is 0 Å². The highest BCUT2D eigenvalue weighted by molar-refractivity contribution is 7.90. The molecule has 0 aromatic heterocycles. The molecule has 5 nitrogen and oxygen atoms in total. The number of carboxylic acids is 1. The molecule has 1 fully saturated rings. The summed E-state index contributed by atoms with van der Waals surface area (Å²) in [6, 6.07) is 0. The number of aliphatic carboxylic acids is 1. The second kappa shape index (κ2) is 3.75. The maximum atomic E-state index is 11.8. The second-order valence-electron chi connectivity index (χ2n) is 4.77. The van der Waals surface area contributed by atoms with Gasteiger partial charge in [0, 0.05) is 13.1 Å². The molecule has 0 aliphatic carbocycles. The molecule has 15 heavy (non-hydrogen) atoms. The molecule has 0 aromatic rings. The summed E-state index contributed by atoms with van der Waals surface area (Å²) < 4.78 is 24.9. The van der Waals surface area contributed by atoms with Gasteiger partial charge in [-0.2, -0.15) is 0 Å². The molecule has 0 spiro atoms. The molecule has 1 N–H and O–H groups in total. The van der Waals surface area contributed by atoms with E-state index < -0.39 is 21.2 Å². The summed E-state index contributed by atoms with van der Waals surface area (Å²) in [5.74, 6) is -1.29. The zero-order chi connectivity index (χ0) is 11.9. The molecule has 1 heterocycles. The summed E-state index contributed by atoms with van der Waals surface area (Å²) in [5, 5.41) is 7.35. The maximum absolute atomic E-state index is 11.8. The minimum Gasteiger partial charge on any atom is -0.480 e. The van der Waals surface area contributed by atoms with Crippen LogP contribution in [0.4, 0.5) is 0 Å². The van der Waals surface area contributed by atoms with Crippen LogP contribution < -0.4 is 0 Å². The quantitative estimate of drug-likeness (QED) is 0.774. The topological polar surface area (TPSA) is 74.7 Å². The van der Waals surface area contributed by atoms with E-state index in [-0.39, 0.29) is 5.41 Å². The monoisotopic (exact) mass is 235 g/mol. The van der Waals surface area contributed by atoms with E-state index in [1.54, 1.807) is 0 Å². The molecule has 0 amide bonds. The summed E-state index contributed by atoms with van der Waals surface area (Å²) >= 11 is 0. The fraction of sp³-hybridized carbons (Fsp3) is 0.889. The predicted octanol–water partition coefficient (Wildman–Crippen LogP) is 0.521. The Hall–Kier alpha value is -0.620. The van der Waals surface area contributed by atoms with Gasteiger partial charge in [-0.1, -0.05) is 13.8 Å². The molecule has 1 saturated heterocycles. The van der Waals surface area contributed by atoms with Gasteiger partial charge < -0.3 is 5.11 Å². The largest absolute Gasteiger partial charge is 0.480 e. The Morgan fingerprint density at radius 3 is 2.33 bits per heavy atom.